The number of hydrogen-bond acceptors (Lipinski definition) is 3. The van der Waals surface area contributed by atoms with Crippen molar-refractivity contribution in [2.75, 3.05) is 12.0 Å². The SMILES string of the molecule is CS(=O)(=O)CC(O)c1cc(Cl)c(Br)cc1F. The zero-order valence-corrected chi connectivity index (χ0v) is 11.4. The lowest BCUT2D eigenvalue weighted by atomic mass is 10.1. The van der Waals surface area contributed by atoms with Gasteiger partial charge in [-0.05, 0) is 28.1 Å². The van der Waals surface area contributed by atoms with Crippen LogP contribution in [0.4, 0.5) is 4.39 Å². The molecule has 0 bridgehead atoms. The Hall–Kier alpha value is -0.170. The lowest BCUT2D eigenvalue weighted by molar-refractivity contribution is 0.196. The Morgan fingerprint density at radius 3 is 2.62 bits per heavy atom. The average molecular weight is 332 g/mol. The zero-order valence-electron chi connectivity index (χ0n) is 8.25. The second-order valence-electron chi connectivity index (χ2n) is 3.40. The fourth-order valence-electron chi connectivity index (χ4n) is 1.17. The molecule has 0 heterocycles. The molecule has 0 fully saturated rings. The van der Waals surface area contributed by atoms with Gasteiger partial charge in [0.1, 0.15) is 15.7 Å². The number of halogens is 3. The summed E-state index contributed by atoms with van der Waals surface area (Å²) in [4.78, 5) is 0. The fraction of sp³-hybridized carbons (Fsp3) is 0.333. The molecule has 0 aliphatic rings. The van der Waals surface area contributed by atoms with Gasteiger partial charge in [-0.2, -0.15) is 0 Å². The number of hydrogen-bond donors (Lipinski definition) is 1. The molecule has 0 aromatic heterocycles. The highest BCUT2D eigenvalue weighted by molar-refractivity contribution is 9.10. The lowest BCUT2D eigenvalue weighted by Gasteiger charge is -2.11. The molecule has 16 heavy (non-hydrogen) atoms. The summed E-state index contributed by atoms with van der Waals surface area (Å²) in [6, 6.07) is 2.29. The Labute approximate surface area is 106 Å². The van der Waals surface area contributed by atoms with Crippen LogP contribution in [0.1, 0.15) is 11.7 Å². The molecule has 90 valence electrons. The monoisotopic (exact) mass is 330 g/mol. The van der Waals surface area contributed by atoms with E-state index in [2.05, 4.69) is 15.9 Å². The molecule has 7 heteroatoms. The number of aliphatic hydroxyl groups is 1. The first-order chi connectivity index (χ1) is 7.20. The third-order valence-corrected chi connectivity index (χ3v) is 3.98. The maximum absolute atomic E-state index is 13.4. The largest absolute Gasteiger partial charge is 0.387 e. The van der Waals surface area contributed by atoms with Gasteiger partial charge in [0.2, 0.25) is 0 Å². The third-order valence-electron chi connectivity index (χ3n) is 1.86. The molecule has 1 atom stereocenters. The summed E-state index contributed by atoms with van der Waals surface area (Å²) in [7, 11) is -3.38. The van der Waals surface area contributed by atoms with Crippen molar-refractivity contribution >= 4 is 37.4 Å². The molecule has 1 aromatic rings. The van der Waals surface area contributed by atoms with Crippen molar-refractivity contribution in [1.82, 2.24) is 0 Å². The van der Waals surface area contributed by atoms with Gasteiger partial charge < -0.3 is 5.11 Å². The quantitative estimate of drug-likeness (QED) is 0.865. The highest BCUT2D eigenvalue weighted by Gasteiger charge is 2.19. The highest BCUT2D eigenvalue weighted by Crippen LogP contribution is 2.29. The van der Waals surface area contributed by atoms with E-state index in [9.17, 15) is 17.9 Å². The second-order valence-corrected chi connectivity index (χ2v) is 6.84. The van der Waals surface area contributed by atoms with Crippen LogP contribution in [0, 0.1) is 5.82 Å². The Morgan fingerprint density at radius 2 is 2.12 bits per heavy atom. The summed E-state index contributed by atoms with van der Waals surface area (Å²) < 4.78 is 35.7. The van der Waals surface area contributed by atoms with E-state index in [0.29, 0.717) is 4.47 Å². The van der Waals surface area contributed by atoms with Crippen molar-refractivity contribution in [2.24, 2.45) is 0 Å². The summed E-state index contributed by atoms with van der Waals surface area (Å²) in [6.45, 7) is 0. The van der Waals surface area contributed by atoms with Crippen LogP contribution in [-0.2, 0) is 9.84 Å². The van der Waals surface area contributed by atoms with Gasteiger partial charge >= 0.3 is 0 Å². The standard InChI is InChI=1S/C9H9BrClFO3S/c1-16(14,15)4-9(13)5-2-7(11)6(10)3-8(5)12/h2-3,9,13H,4H2,1H3. The summed E-state index contributed by atoms with van der Waals surface area (Å²) in [5.74, 6) is -1.24. The Balaban J connectivity index is 3.09. The van der Waals surface area contributed by atoms with Gasteiger partial charge in [-0.3, -0.25) is 0 Å². The molecule has 0 amide bonds. The zero-order chi connectivity index (χ0) is 12.5. The van der Waals surface area contributed by atoms with Gasteiger partial charge in [-0.1, -0.05) is 11.6 Å². The van der Waals surface area contributed by atoms with E-state index < -0.39 is 27.5 Å². The molecule has 1 aromatic carbocycles. The minimum atomic E-state index is -3.38. The summed E-state index contributed by atoms with van der Waals surface area (Å²) in [6.07, 6.45) is -0.449. The molecule has 0 aliphatic heterocycles. The molecule has 0 spiro atoms. The number of aliphatic hydroxyl groups excluding tert-OH is 1. The van der Waals surface area contributed by atoms with Crippen molar-refractivity contribution in [3.05, 3.63) is 33.0 Å². The first-order valence-electron chi connectivity index (χ1n) is 4.21. The summed E-state index contributed by atoms with van der Waals surface area (Å²) >= 11 is 8.75. The highest BCUT2D eigenvalue weighted by atomic mass is 79.9. The maximum Gasteiger partial charge on any atom is 0.150 e. The first-order valence-corrected chi connectivity index (χ1v) is 7.44. The molecule has 3 nitrogen and oxygen atoms in total. The Morgan fingerprint density at radius 1 is 1.56 bits per heavy atom. The lowest BCUT2D eigenvalue weighted by Crippen LogP contribution is -2.14. The number of benzene rings is 1. The van der Waals surface area contributed by atoms with Crippen LogP contribution in [0.15, 0.2) is 16.6 Å². The molecule has 1 rings (SSSR count). The van der Waals surface area contributed by atoms with Crippen LogP contribution in [0.5, 0.6) is 0 Å². The fourth-order valence-corrected chi connectivity index (χ4v) is 2.41. The first kappa shape index (κ1) is 13.9. The topological polar surface area (TPSA) is 54.4 Å². The number of sulfone groups is 1. The third kappa shape index (κ3) is 3.69. The van der Waals surface area contributed by atoms with Crippen molar-refractivity contribution in [2.45, 2.75) is 6.10 Å². The predicted molar refractivity (Wildman–Crippen MR) is 63.8 cm³/mol. The van der Waals surface area contributed by atoms with Gasteiger partial charge in [0.05, 0.1) is 16.9 Å². The van der Waals surface area contributed by atoms with Crippen molar-refractivity contribution in [1.29, 1.82) is 0 Å². The van der Waals surface area contributed by atoms with E-state index in [-0.39, 0.29) is 10.6 Å². The van der Waals surface area contributed by atoms with Gasteiger partial charge in [-0.15, -0.1) is 0 Å². The van der Waals surface area contributed by atoms with Gasteiger partial charge in [0, 0.05) is 16.3 Å². The molecule has 0 saturated heterocycles. The van der Waals surface area contributed by atoms with E-state index in [4.69, 9.17) is 11.6 Å². The average Bonchev–Trinajstić information content (AvgIpc) is 2.08. The van der Waals surface area contributed by atoms with Crippen molar-refractivity contribution < 1.29 is 17.9 Å². The van der Waals surface area contributed by atoms with Crippen LogP contribution in [0.25, 0.3) is 0 Å². The van der Waals surface area contributed by atoms with E-state index >= 15 is 0 Å². The van der Waals surface area contributed by atoms with Crippen LogP contribution < -0.4 is 0 Å². The van der Waals surface area contributed by atoms with E-state index in [0.717, 1.165) is 12.3 Å². The van der Waals surface area contributed by atoms with E-state index in [1.165, 1.54) is 6.07 Å². The molecular formula is C9H9BrClFO3S. The van der Waals surface area contributed by atoms with Crippen molar-refractivity contribution in [3.8, 4) is 0 Å². The van der Waals surface area contributed by atoms with E-state index in [1.54, 1.807) is 0 Å². The molecular weight excluding hydrogens is 323 g/mol. The summed E-state index contributed by atoms with van der Waals surface area (Å²) in [5.41, 5.74) is -0.126. The Kier molecular flexibility index (Phi) is 4.34. The Bertz CT molecular complexity index is 504. The van der Waals surface area contributed by atoms with Crippen LogP contribution >= 0.6 is 27.5 Å². The molecule has 1 unspecified atom stereocenters. The minimum absolute atomic E-state index is 0.126. The molecule has 0 aliphatic carbocycles. The number of rotatable bonds is 3. The van der Waals surface area contributed by atoms with Gasteiger partial charge in [-0.25, -0.2) is 12.8 Å². The minimum Gasteiger partial charge on any atom is -0.387 e. The molecule has 0 radical (unpaired) electrons. The second kappa shape index (κ2) is 5.00. The van der Waals surface area contributed by atoms with Crippen LogP contribution in [-0.4, -0.2) is 25.5 Å². The van der Waals surface area contributed by atoms with E-state index in [1.807, 2.05) is 0 Å². The predicted octanol–water partition coefficient (Wildman–Crippen LogP) is 2.32. The molecule has 1 N–H and O–H groups in total. The maximum atomic E-state index is 13.4. The molecule has 0 saturated carbocycles. The summed E-state index contributed by atoms with van der Waals surface area (Å²) in [5, 5.41) is 9.77. The van der Waals surface area contributed by atoms with Gasteiger partial charge in [0.25, 0.3) is 0 Å². The van der Waals surface area contributed by atoms with Crippen molar-refractivity contribution in [3.63, 3.8) is 0 Å². The normalized spacial score (nSPS) is 13.8. The van der Waals surface area contributed by atoms with Crippen LogP contribution in [0.3, 0.4) is 0 Å². The smallest absolute Gasteiger partial charge is 0.150 e. The van der Waals surface area contributed by atoms with Gasteiger partial charge in [0.15, 0.2) is 0 Å². The van der Waals surface area contributed by atoms with Crippen LogP contribution in [0.2, 0.25) is 5.02 Å².